The first-order chi connectivity index (χ1) is 11.5. The summed E-state index contributed by atoms with van der Waals surface area (Å²) >= 11 is 0. The van der Waals surface area contributed by atoms with Gasteiger partial charge in [0.25, 0.3) is 0 Å². The van der Waals surface area contributed by atoms with Gasteiger partial charge in [-0.15, -0.1) is 0 Å². The van der Waals surface area contributed by atoms with Crippen molar-refractivity contribution < 1.29 is 122 Å². The van der Waals surface area contributed by atoms with E-state index < -0.39 is 13.4 Å². The minimum absolute atomic E-state index is 0. The Morgan fingerprint density at radius 3 is 1.12 bits per heavy atom. The molecule has 122 valence electrons. The van der Waals surface area contributed by atoms with Gasteiger partial charge in [0.05, 0.1) is 7.82 Å². The third-order valence-electron chi connectivity index (χ3n) is 3.79. The smallest absolute Gasteiger partial charge is 0.790 e. The van der Waals surface area contributed by atoms with Gasteiger partial charge in [-0.25, -0.2) is 0 Å². The fourth-order valence-corrected chi connectivity index (χ4v) is 3.50. The number of hydrogen-bond donors (Lipinski definition) is 0. The average Bonchev–Trinajstić information content (AvgIpc) is 2.61. The fraction of sp³-hybridized carbons (Fsp3) is 0.0526. The van der Waals surface area contributed by atoms with Gasteiger partial charge in [-0.2, -0.15) is 0 Å². The third kappa shape index (κ3) is 6.02. The predicted molar refractivity (Wildman–Crippen MR) is 87.9 cm³/mol. The Labute approximate surface area is 238 Å². The van der Waals surface area contributed by atoms with E-state index in [0.29, 0.717) is 16.7 Å². The van der Waals surface area contributed by atoms with Crippen LogP contribution in [-0.4, -0.2) is 0 Å². The monoisotopic (exact) mass is 416 g/mol. The molecule has 0 fully saturated rings. The van der Waals surface area contributed by atoms with E-state index in [9.17, 15) is 14.4 Å². The second-order valence-electron chi connectivity index (χ2n) is 5.32. The minimum atomic E-state index is -5.28. The first-order valence-corrected chi connectivity index (χ1v) is 8.88. The second-order valence-corrected chi connectivity index (χ2v) is 6.39. The molecule has 0 N–H and O–H groups in total. The molecule has 0 radical (unpaired) electrons. The zero-order valence-corrected chi connectivity index (χ0v) is 21.9. The van der Waals surface area contributed by atoms with Gasteiger partial charge in [0.2, 0.25) is 0 Å². The molecule has 0 aliphatic carbocycles. The Morgan fingerprint density at radius 1 is 0.615 bits per heavy atom. The van der Waals surface area contributed by atoms with Gasteiger partial charge < -0.3 is 18.9 Å². The molecule has 0 saturated heterocycles. The van der Waals surface area contributed by atoms with Gasteiger partial charge in [-0.1, -0.05) is 91.0 Å². The molecule has 0 unspecified atom stereocenters. The van der Waals surface area contributed by atoms with Crippen molar-refractivity contribution in [3.63, 3.8) is 0 Å². The van der Waals surface area contributed by atoms with Gasteiger partial charge in [0.15, 0.2) is 0 Å². The molecule has 0 saturated carbocycles. The summed E-state index contributed by atoms with van der Waals surface area (Å²) in [6.07, 6.45) is 0. The Morgan fingerprint density at radius 2 is 0.885 bits per heavy atom. The van der Waals surface area contributed by atoms with Crippen molar-refractivity contribution >= 4 is 7.82 Å². The first-order valence-electron chi connectivity index (χ1n) is 7.42. The van der Waals surface area contributed by atoms with Crippen LogP contribution in [0.15, 0.2) is 91.0 Å². The molecule has 0 aromatic heterocycles. The van der Waals surface area contributed by atoms with Crippen molar-refractivity contribution in [3.8, 4) is 0 Å². The van der Waals surface area contributed by atoms with Crippen LogP contribution in [0.2, 0.25) is 0 Å². The summed E-state index contributed by atoms with van der Waals surface area (Å²) in [5.74, 6) is 0. The van der Waals surface area contributed by atoms with E-state index in [0.717, 1.165) is 0 Å². The van der Waals surface area contributed by atoms with Gasteiger partial charge in [-0.05, 0) is 16.7 Å². The summed E-state index contributed by atoms with van der Waals surface area (Å²) in [6, 6.07) is 26.6. The normalized spacial score (nSPS) is 11.2. The third-order valence-corrected chi connectivity index (χ3v) is 4.29. The van der Waals surface area contributed by atoms with Crippen molar-refractivity contribution in [2.75, 3.05) is 0 Å². The molecular weight excluding hydrogens is 401 g/mol. The maximum absolute atomic E-state index is 11.6. The van der Waals surface area contributed by atoms with Crippen LogP contribution < -0.4 is 113 Å². The fourth-order valence-electron chi connectivity index (χ4n) is 2.84. The van der Waals surface area contributed by atoms with Crippen LogP contribution in [-0.2, 0) is 14.7 Å². The van der Waals surface area contributed by atoms with Crippen LogP contribution in [0.4, 0.5) is 0 Å². The van der Waals surface area contributed by atoms with Crippen molar-refractivity contribution in [1.29, 1.82) is 0 Å². The number of hydrogen-bond acceptors (Lipinski definition) is 4. The molecule has 0 atom stereocenters. The molecule has 3 aromatic carbocycles. The summed E-state index contributed by atoms with van der Waals surface area (Å²) < 4.78 is 16.8. The summed E-state index contributed by atoms with van der Waals surface area (Å²) in [5, 5.41) is 0. The molecule has 0 spiro atoms. The second kappa shape index (κ2) is 11.3. The average molecular weight is 416 g/mol. The number of phosphoric ester groups is 1. The van der Waals surface area contributed by atoms with Gasteiger partial charge >= 0.3 is 103 Å². The summed E-state index contributed by atoms with van der Waals surface area (Å²) in [6.45, 7) is 0. The molecule has 0 heterocycles. The Kier molecular flexibility index (Phi) is 10.9. The van der Waals surface area contributed by atoms with Crippen LogP contribution in [0.1, 0.15) is 16.7 Å². The zero-order chi connectivity index (χ0) is 17.0. The van der Waals surface area contributed by atoms with E-state index in [1.807, 2.05) is 18.2 Å². The van der Waals surface area contributed by atoms with Crippen LogP contribution in [0.25, 0.3) is 0 Å². The Bertz CT molecular complexity index is 743. The van der Waals surface area contributed by atoms with Crippen molar-refractivity contribution in [3.05, 3.63) is 108 Å². The molecule has 0 bridgehead atoms. The predicted octanol–water partition coefficient (Wildman–Crippen LogP) is -3.17. The van der Waals surface area contributed by atoms with Crippen LogP contribution >= 0.6 is 7.82 Å². The Balaban J connectivity index is 0.00000169. The van der Waals surface area contributed by atoms with Crippen LogP contribution in [0.5, 0.6) is 0 Å². The largest absolute Gasteiger partial charge is 1.00 e. The summed E-state index contributed by atoms with van der Waals surface area (Å²) in [7, 11) is -5.28. The zero-order valence-electron chi connectivity index (χ0n) is 14.7. The Hall–Kier alpha value is 1.04. The molecule has 3 aromatic rings. The number of phosphoric acid groups is 1. The van der Waals surface area contributed by atoms with E-state index in [-0.39, 0.29) is 103 Å². The first kappa shape index (κ1) is 25.1. The van der Waals surface area contributed by atoms with Crippen molar-refractivity contribution in [1.82, 2.24) is 0 Å². The van der Waals surface area contributed by atoms with Crippen molar-refractivity contribution in [2.24, 2.45) is 0 Å². The number of rotatable bonds is 5. The maximum Gasteiger partial charge on any atom is 1.00 e. The maximum atomic E-state index is 11.6. The molecule has 4 nitrogen and oxygen atoms in total. The topological polar surface area (TPSA) is 72.4 Å². The van der Waals surface area contributed by atoms with Crippen molar-refractivity contribution in [2.45, 2.75) is 5.60 Å². The molecular formula is C19H15K2O4P. The van der Waals surface area contributed by atoms with Gasteiger partial charge in [0.1, 0.15) is 5.60 Å². The molecule has 3 rings (SSSR count). The van der Waals surface area contributed by atoms with E-state index in [1.54, 1.807) is 72.8 Å². The molecule has 26 heavy (non-hydrogen) atoms. The summed E-state index contributed by atoms with van der Waals surface area (Å²) in [5.41, 5.74) is 0.168. The SMILES string of the molecule is O=P([O-])([O-])OC(c1ccccc1)(c1ccccc1)c1ccccc1.[K+].[K+]. The number of benzene rings is 3. The van der Waals surface area contributed by atoms with Crippen LogP contribution in [0, 0.1) is 0 Å². The molecule has 7 heteroatoms. The molecule has 0 amide bonds. The standard InChI is InChI=1S/C19H17O4P.2K/c20-24(21,22)23-19(16-10-4-1-5-11-16,17-12-6-2-7-13-17)18-14-8-3-9-15-18;;/h1-15H,(H2,20,21,22);;/q;2*+1/p-2. The quantitative estimate of drug-likeness (QED) is 0.250. The molecule has 0 aliphatic heterocycles. The minimum Gasteiger partial charge on any atom is -0.790 e. The molecule has 0 aliphatic rings. The van der Waals surface area contributed by atoms with E-state index in [2.05, 4.69) is 0 Å². The van der Waals surface area contributed by atoms with E-state index in [1.165, 1.54) is 0 Å². The van der Waals surface area contributed by atoms with E-state index in [4.69, 9.17) is 4.52 Å². The van der Waals surface area contributed by atoms with Crippen LogP contribution in [0.3, 0.4) is 0 Å². The van der Waals surface area contributed by atoms with Gasteiger partial charge in [-0.3, -0.25) is 0 Å². The van der Waals surface area contributed by atoms with E-state index >= 15 is 0 Å². The van der Waals surface area contributed by atoms with Gasteiger partial charge in [0, 0.05) is 0 Å². The summed E-state index contributed by atoms with van der Waals surface area (Å²) in [4.78, 5) is 23.2.